The van der Waals surface area contributed by atoms with Crippen molar-refractivity contribution in [1.82, 2.24) is 0 Å². The molecule has 3 aromatic rings. The van der Waals surface area contributed by atoms with Crippen molar-refractivity contribution in [3.63, 3.8) is 0 Å². The van der Waals surface area contributed by atoms with Gasteiger partial charge in [0.1, 0.15) is 6.61 Å². The molecule has 0 aromatic heterocycles. The second-order valence-electron chi connectivity index (χ2n) is 6.27. The zero-order valence-corrected chi connectivity index (χ0v) is 16.3. The third-order valence-electron chi connectivity index (χ3n) is 4.28. The second kappa shape index (κ2) is 9.96. The van der Waals surface area contributed by atoms with Crippen LogP contribution in [0.2, 0.25) is 0 Å². The molecule has 0 aliphatic carbocycles. The lowest BCUT2D eigenvalue weighted by Crippen LogP contribution is -1.99. The van der Waals surface area contributed by atoms with Crippen LogP contribution in [-0.2, 0) is 0 Å². The summed E-state index contributed by atoms with van der Waals surface area (Å²) in [5, 5.41) is 0. The number of benzene rings is 3. The Morgan fingerprint density at radius 1 is 0.931 bits per heavy atom. The van der Waals surface area contributed by atoms with E-state index < -0.39 is 0 Å². The molecule has 3 rings (SSSR count). The van der Waals surface area contributed by atoms with Crippen LogP contribution >= 0.6 is 0 Å². The van der Waals surface area contributed by atoms with Crippen molar-refractivity contribution in [1.29, 1.82) is 0 Å². The Morgan fingerprint density at radius 2 is 1.66 bits per heavy atom. The predicted molar refractivity (Wildman–Crippen MR) is 117 cm³/mol. The monoisotopic (exact) mass is 382 g/mol. The highest BCUT2D eigenvalue weighted by atomic mass is 16.5. The van der Waals surface area contributed by atoms with Crippen LogP contribution in [0, 0.1) is 12.3 Å². The third-order valence-corrected chi connectivity index (χ3v) is 4.28. The van der Waals surface area contributed by atoms with Crippen molar-refractivity contribution < 1.29 is 14.3 Å². The minimum absolute atomic E-state index is 0.0600. The first-order valence-corrected chi connectivity index (χ1v) is 9.42. The molecule has 0 N–H and O–H groups in total. The van der Waals surface area contributed by atoms with Crippen LogP contribution in [0.3, 0.4) is 0 Å². The number of hydrogen-bond acceptors (Lipinski definition) is 3. The molecule has 3 aromatic carbocycles. The number of ketones is 1. The van der Waals surface area contributed by atoms with Gasteiger partial charge in [0.25, 0.3) is 0 Å². The highest BCUT2D eigenvalue weighted by Gasteiger charge is 2.06. The van der Waals surface area contributed by atoms with Crippen LogP contribution < -0.4 is 9.47 Å². The molecule has 144 valence electrons. The molecule has 0 saturated carbocycles. The fraction of sp³-hybridized carbons (Fsp3) is 0.115. The van der Waals surface area contributed by atoms with E-state index in [0.717, 1.165) is 16.7 Å². The van der Waals surface area contributed by atoms with Crippen molar-refractivity contribution in [3.05, 3.63) is 90.0 Å². The number of allylic oxidation sites excluding steroid dienone is 1. The number of hydrogen-bond donors (Lipinski definition) is 0. The molecule has 0 saturated heterocycles. The van der Waals surface area contributed by atoms with Gasteiger partial charge in [-0.25, -0.2) is 0 Å². The molecule has 0 bridgehead atoms. The summed E-state index contributed by atoms with van der Waals surface area (Å²) in [5.74, 6) is 3.57. The molecule has 0 amide bonds. The van der Waals surface area contributed by atoms with E-state index in [-0.39, 0.29) is 12.4 Å². The first-order chi connectivity index (χ1) is 14.2. The minimum atomic E-state index is -0.0600. The van der Waals surface area contributed by atoms with Crippen LogP contribution in [0.1, 0.15) is 22.8 Å². The Bertz CT molecular complexity index is 1030. The normalized spacial score (nSPS) is 10.5. The molecule has 29 heavy (non-hydrogen) atoms. The van der Waals surface area contributed by atoms with Crippen LogP contribution in [0.4, 0.5) is 0 Å². The summed E-state index contributed by atoms with van der Waals surface area (Å²) in [5.41, 5.74) is 3.68. The van der Waals surface area contributed by atoms with Crippen molar-refractivity contribution in [3.8, 4) is 35.0 Å². The summed E-state index contributed by atoms with van der Waals surface area (Å²) in [4.78, 5) is 12.5. The fourth-order valence-corrected chi connectivity index (χ4v) is 2.86. The lowest BCUT2D eigenvalue weighted by atomic mass is 10.0. The molecule has 0 fully saturated rings. The number of ether oxygens (including phenoxy) is 2. The average molecular weight is 382 g/mol. The number of carbonyl (C=O) groups excluding carboxylic acids is 1. The molecule has 0 heterocycles. The largest absolute Gasteiger partial charge is 0.490 e. The van der Waals surface area contributed by atoms with E-state index in [1.807, 2.05) is 73.7 Å². The van der Waals surface area contributed by atoms with E-state index in [1.54, 1.807) is 18.2 Å². The van der Waals surface area contributed by atoms with Gasteiger partial charge in [-0.2, -0.15) is 0 Å². The maximum absolute atomic E-state index is 12.5. The minimum Gasteiger partial charge on any atom is -0.490 e. The fourth-order valence-electron chi connectivity index (χ4n) is 2.86. The molecule has 0 aliphatic heterocycles. The Kier molecular flexibility index (Phi) is 6.86. The topological polar surface area (TPSA) is 35.5 Å². The molecule has 0 unspecified atom stereocenters. The second-order valence-corrected chi connectivity index (χ2v) is 6.27. The summed E-state index contributed by atoms with van der Waals surface area (Å²) >= 11 is 0. The standard InChI is InChI=1S/C26H22O3/c1-3-18-29-25-17-11-20(19-26(25)28-4-2)10-16-24(27)23-14-12-22(13-15-23)21-8-6-5-7-9-21/h1,5-17,19H,4,18H2,2H3/b16-10+. The Hall–Kier alpha value is -3.77. The van der Waals surface area contributed by atoms with E-state index in [4.69, 9.17) is 15.9 Å². The highest BCUT2D eigenvalue weighted by Crippen LogP contribution is 2.29. The van der Waals surface area contributed by atoms with Crippen molar-refractivity contribution in [2.24, 2.45) is 0 Å². The predicted octanol–water partition coefficient (Wildman–Crippen LogP) is 5.66. The lowest BCUT2D eigenvalue weighted by Gasteiger charge is -2.10. The van der Waals surface area contributed by atoms with Gasteiger partial charge < -0.3 is 9.47 Å². The van der Waals surface area contributed by atoms with Crippen molar-refractivity contribution >= 4 is 11.9 Å². The van der Waals surface area contributed by atoms with Crippen LogP contribution in [0.5, 0.6) is 11.5 Å². The van der Waals surface area contributed by atoms with Crippen LogP contribution in [0.15, 0.2) is 78.9 Å². The number of rotatable bonds is 8. The average Bonchev–Trinajstić information content (AvgIpc) is 2.78. The summed E-state index contributed by atoms with van der Waals surface area (Å²) in [6.45, 7) is 2.58. The van der Waals surface area contributed by atoms with Gasteiger partial charge >= 0.3 is 0 Å². The molecule has 3 nitrogen and oxygen atoms in total. The van der Waals surface area contributed by atoms with E-state index in [9.17, 15) is 4.79 Å². The van der Waals surface area contributed by atoms with Gasteiger partial charge in [0.2, 0.25) is 0 Å². The molecular formula is C26H22O3. The quantitative estimate of drug-likeness (QED) is 0.286. The zero-order valence-electron chi connectivity index (χ0n) is 16.3. The maximum atomic E-state index is 12.5. The Labute approximate surface area is 171 Å². The summed E-state index contributed by atoms with van der Waals surface area (Å²) in [6.07, 6.45) is 8.57. The Morgan fingerprint density at radius 3 is 2.34 bits per heavy atom. The van der Waals surface area contributed by atoms with E-state index >= 15 is 0 Å². The smallest absolute Gasteiger partial charge is 0.185 e. The van der Waals surface area contributed by atoms with Gasteiger partial charge in [-0.15, -0.1) is 6.42 Å². The van der Waals surface area contributed by atoms with Crippen LogP contribution in [-0.4, -0.2) is 19.0 Å². The van der Waals surface area contributed by atoms with Crippen molar-refractivity contribution in [2.45, 2.75) is 6.92 Å². The summed E-state index contributed by atoms with van der Waals surface area (Å²) < 4.78 is 11.1. The zero-order chi connectivity index (χ0) is 20.5. The number of carbonyl (C=O) groups is 1. The Balaban J connectivity index is 1.73. The third kappa shape index (κ3) is 5.37. The van der Waals surface area contributed by atoms with Gasteiger partial charge in [0.15, 0.2) is 17.3 Å². The van der Waals surface area contributed by atoms with Gasteiger partial charge in [0.05, 0.1) is 6.61 Å². The van der Waals surface area contributed by atoms with E-state index in [1.165, 1.54) is 0 Å². The van der Waals surface area contributed by atoms with E-state index in [0.29, 0.717) is 23.7 Å². The van der Waals surface area contributed by atoms with Gasteiger partial charge in [0, 0.05) is 5.56 Å². The molecular weight excluding hydrogens is 360 g/mol. The first-order valence-electron chi connectivity index (χ1n) is 9.42. The van der Waals surface area contributed by atoms with Gasteiger partial charge in [-0.1, -0.05) is 72.7 Å². The first kappa shape index (κ1) is 20.0. The molecule has 0 atom stereocenters. The lowest BCUT2D eigenvalue weighted by molar-refractivity contribution is 0.104. The van der Waals surface area contributed by atoms with Crippen LogP contribution in [0.25, 0.3) is 17.2 Å². The van der Waals surface area contributed by atoms with Gasteiger partial charge in [-0.3, -0.25) is 4.79 Å². The molecule has 3 heteroatoms. The number of terminal acetylenes is 1. The summed E-state index contributed by atoms with van der Waals surface area (Å²) in [7, 11) is 0. The molecule has 0 aliphatic rings. The molecule has 0 spiro atoms. The maximum Gasteiger partial charge on any atom is 0.185 e. The summed E-state index contributed by atoms with van der Waals surface area (Å²) in [6, 6.07) is 23.2. The van der Waals surface area contributed by atoms with E-state index in [2.05, 4.69) is 5.92 Å². The van der Waals surface area contributed by atoms with Crippen molar-refractivity contribution in [2.75, 3.05) is 13.2 Å². The highest BCUT2D eigenvalue weighted by molar-refractivity contribution is 6.07. The van der Waals surface area contributed by atoms with Gasteiger partial charge in [-0.05, 0) is 41.8 Å². The SMILES string of the molecule is C#CCOc1ccc(/C=C/C(=O)c2ccc(-c3ccccc3)cc2)cc1OCC. The molecule has 0 radical (unpaired) electrons.